The number of ether oxygens (including phenoxy) is 1. The summed E-state index contributed by atoms with van der Waals surface area (Å²) < 4.78 is 46.9. The van der Waals surface area contributed by atoms with Crippen LogP contribution in [0.4, 0.5) is 13.2 Å². The highest BCUT2D eigenvalue weighted by Crippen LogP contribution is 2.36. The molecule has 1 fully saturated rings. The van der Waals surface area contributed by atoms with Crippen LogP contribution in [0.3, 0.4) is 0 Å². The van der Waals surface area contributed by atoms with Gasteiger partial charge in [0.2, 0.25) is 0 Å². The number of rotatable bonds is 5. The Morgan fingerprint density at radius 3 is 2.62 bits per heavy atom. The molecule has 1 aliphatic carbocycles. The Morgan fingerprint density at radius 2 is 1.90 bits per heavy atom. The molecule has 2 aromatic rings. The summed E-state index contributed by atoms with van der Waals surface area (Å²) in [7, 11) is 0. The van der Waals surface area contributed by atoms with Crippen molar-refractivity contribution in [2.75, 3.05) is 0 Å². The van der Waals surface area contributed by atoms with Gasteiger partial charge in [-0.1, -0.05) is 18.2 Å². The first-order valence-electron chi connectivity index (χ1n) is 6.68. The molecule has 0 radical (unpaired) electrons. The van der Waals surface area contributed by atoms with Gasteiger partial charge in [0.1, 0.15) is 11.5 Å². The van der Waals surface area contributed by atoms with Crippen molar-refractivity contribution in [3.8, 4) is 16.9 Å². The molecule has 1 aromatic heterocycles. The second-order valence-corrected chi connectivity index (χ2v) is 4.96. The maximum atomic E-state index is 12.5. The minimum absolute atomic E-state index is 0.223. The molecule has 3 rings (SSSR count). The van der Waals surface area contributed by atoms with Gasteiger partial charge in [-0.05, 0) is 25.0 Å². The van der Waals surface area contributed by atoms with Gasteiger partial charge in [0.25, 0.3) is 0 Å². The van der Waals surface area contributed by atoms with Gasteiger partial charge in [-0.2, -0.15) is 0 Å². The minimum atomic E-state index is -4.72. The summed E-state index contributed by atoms with van der Waals surface area (Å²) in [5.41, 5.74) is 0.985. The van der Waals surface area contributed by atoms with Crippen LogP contribution in [-0.4, -0.2) is 12.4 Å². The molecule has 1 aromatic carbocycles. The SMILES string of the molecule is FC(F)(F)Oc1ccccc1-c1ccoc1CNC1CC1. The molecular weight excluding hydrogens is 283 g/mol. The van der Waals surface area contributed by atoms with E-state index >= 15 is 0 Å². The van der Waals surface area contributed by atoms with Gasteiger partial charge in [-0.15, -0.1) is 13.2 Å². The van der Waals surface area contributed by atoms with Crippen LogP contribution >= 0.6 is 0 Å². The van der Waals surface area contributed by atoms with E-state index in [9.17, 15) is 13.2 Å². The van der Waals surface area contributed by atoms with Gasteiger partial charge in [0, 0.05) is 17.2 Å². The first kappa shape index (κ1) is 14.0. The third-order valence-electron chi connectivity index (χ3n) is 3.28. The van der Waals surface area contributed by atoms with Crippen LogP contribution < -0.4 is 10.1 Å². The van der Waals surface area contributed by atoms with E-state index in [1.165, 1.54) is 18.4 Å². The number of benzene rings is 1. The van der Waals surface area contributed by atoms with E-state index in [-0.39, 0.29) is 5.75 Å². The minimum Gasteiger partial charge on any atom is -0.467 e. The zero-order valence-corrected chi connectivity index (χ0v) is 11.1. The summed E-state index contributed by atoms with van der Waals surface area (Å²) in [5, 5.41) is 3.28. The normalized spacial score (nSPS) is 15.2. The summed E-state index contributed by atoms with van der Waals surface area (Å²) in [6, 6.07) is 8.21. The lowest BCUT2D eigenvalue weighted by Crippen LogP contribution is -2.18. The van der Waals surface area contributed by atoms with Gasteiger partial charge in [-0.3, -0.25) is 0 Å². The maximum Gasteiger partial charge on any atom is 0.573 e. The zero-order chi connectivity index (χ0) is 14.9. The molecular formula is C15H14F3NO2. The lowest BCUT2D eigenvalue weighted by molar-refractivity contribution is -0.274. The molecule has 3 nitrogen and oxygen atoms in total. The summed E-state index contributed by atoms with van der Waals surface area (Å²) in [6.45, 7) is 0.493. The highest BCUT2D eigenvalue weighted by atomic mass is 19.4. The first-order valence-corrected chi connectivity index (χ1v) is 6.68. The molecule has 6 heteroatoms. The molecule has 0 amide bonds. The number of para-hydroxylation sites is 1. The number of nitrogens with one attached hydrogen (secondary N) is 1. The maximum absolute atomic E-state index is 12.5. The molecule has 112 valence electrons. The third-order valence-corrected chi connectivity index (χ3v) is 3.28. The van der Waals surface area contributed by atoms with Crippen molar-refractivity contribution in [3.63, 3.8) is 0 Å². The molecule has 1 heterocycles. The Morgan fingerprint density at radius 1 is 1.14 bits per heavy atom. The van der Waals surface area contributed by atoms with Gasteiger partial charge in [0.05, 0.1) is 12.8 Å². The predicted octanol–water partition coefficient (Wildman–Crippen LogP) is 4.10. The van der Waals surface area contributed by atoms with E-state index in [4.69, 9.17) is 4.42 Å². The highest BCUT2D eigenvalue weighted by Gasteiger charge is 2.32. The summed E-state index contributed by atoms with van der Waals surface area (Å²) in [4.78, 5) is 0. The van der Waals surface area contributed by atoms with Gasteiger partial charge < -0.3 is 14.5 Å². The van der Waals surface area contributed by atoms with Crippen molar-refractivity contribution in [2.24, 2.45) is 0 Å². The van der Waals surface area contributed by atoms with Crippen LogP contribution in [0.2, 0.25) is 0 Å². The highest BCUT2D eigenvalue weighted by molar-refractivity contribution is 5.72. The third kappa shape index (κ3) is 3.58. The topological polar surface area (TPSA) is 34.4 Å². The van der Waals surface area contributed by atoms with E-state index in [0.29, 0.717) is 29.5 Å². The van der Waals surface area contributed by atoms with Crippen molar-refractivity contribution >= 4 is 0 Å². The first-order chi connectivity index (χ1) is 10.0. The smallest absolute Gasteiger partial charge is 0.467 e. The molecule has 0 bridgehead atoms. The van der Waals surface area contributed by atoms with E-state index in [1.807, 2.05) is 0 Å². The summed E-state index contributed by atoms with van der Waals surface area (Å²) >= 11 is 0. The van der Waals surface area contributed by atoms with Crippen molar-refractivity contribution in [2.45, 2.75) is 31.8 Å². The molecule has 0 atom stereocenters. The average Bonchev–Trinajstić information content (AvgIpc) is 3.13. The van der Waals surface area contributed by atoms with Crippen LogP contribution in [0, 0.1) is 0 Å². The van der Waals surface area contributed by atoms with Crippen LogP contribution in [0.1, 0.15) is 18.6 Å². The second-order valence-electron chi connectivity index (χ2n) is 4.96. The molecule has 21 heavy (non-hydrogen) atoms. The zero-order valence-electron chi connectivity index (χ0n) is 11.1. The van der Waals surface area contributed by atoms with Crippen molar-refractivity contribution in [1.29, 1.82) is 0 Å². The van der Waals surface area contributed by atoms with E-state index in [1.54, 1.807) is 18.2 Å². The van der Waals surface area contributed by atoms with Crippen molar-refractivity contribution in [1.82, 2.24) is 5.32 Å². The molecule has 0 spiro atoms. The van der Waals surface area contributed by atoms with Gasteiger partial charge in [0.15, 0.2) is 0 Å². The van der Waals surface area contributed by atoms with Gasteiger partial charge >= 0.3 is 6.36 Å². The number of hydrogen-bond donors (Lipinski definition) is 1. The molecule has 1 saturated carbocycles. The lowest BCUT2D eigenvalue weighted by Gasteiger charge is -2.13. The Bertz CT molecular complexity index is 617. The molecule has 1 aliphatic rings. The van der Waals surface area contributed by atoms with Crippen LogP contribution in [0.5, 0.6) is 5.75 Å². The fourth-order valence-electron chi connectivity index (χ4n) is 2.14. The largest absolute Gasteiger partial charge is 0.573 e. The Kier molecular flexibility index (Phi) is 3.63. The molecule has 0 unspecified atom stereocenters. The quantitative estimate of drug-likeness (QED) is 0.902. The Labute approximate surface area is 119 Å². The summed E-state index contributed by atoms with van der Waals surface area (Å²) in [6.07, 6.45) is -0.983. The van der Waals surface area contributed by atoms with Crippen LogP contribution in [0.25, 0.3) is 11.1 Å². The monoisotopic (exact) mass is 297 g/mol. The number of halogens is 3. The van der Waals surface area contributed by atoms with Crippen molar-refractivity contribution in [3.05, 3.63) is 42.4 Å². The second kappa shape index (κ2) is 5.44. The van der Waals surface area contributed by atoms with E-state index in [0.717, 1.165) is 12.8 Å². The van der Waals surface area contributed by atoms with Gasteiger partial charge in [-0.25, -0.2) is 0 Å². The molecule has 0 aliphatic heterocycles. The average molecular weight is 297 g/mol. The standard InChI is InChI=1S/C15H14F3NO2/c16-15(17,18)21-13-4-2-1-3-11(13)12-7-8-20-14(12)9-19-10-5-6-10/h1-4,7-8,10,19H,5-6,9H2. The number of furan rings is 1. The number of hydrogen-bond acceptors (Lipinski definition) is 3. The van der Waals surface area contributed by atoms with Crippen LogP contribution in [-0.2, 0) is 6.54 Å². The fraction of sp³-hybridized carbons (Fsp3) is 0.333. The fourth-order valence-corrected chi connectivity index (χ4v) is 2.14. The molecule has 0 saturated heterocycles. The predicted molar refractivity (Wildman–Crippen MR) is 70.7 cm³/mol. The summed E-state index contributed by atoms with van der Waals surface area (Å²) in [5.74, 6) is 0.388. The molecule has 1 N–H and O–H groups in total. The van der Waals surface area contributed by atoms with E-state index < -0.39 is 6.36 Å². The number of alkyl halides is 3. The van der Waals surface area contributed by atoms with E-state index in [2.05, 4.69) is 10.1 Å². The van der Waals surface area contributed by atoms with Crippen LogP contribution in [0.15, 0.2) is 41.0 Å². The Balaban J connectivity index is 1.87. The lowest BCUT2D eigenvalue weighted by atomic mass is 10.1. The van der Waals surface area contributed by atoms with Crippen molar-refractivity contribution < 1.29 is 22.3 Å². The Hall–Kier alpha value is -1.95.